The van der Waals surface area contributed by atoms with Gasteiger partial charge in [-0.3, -0.25) is 4.79 Å². The van der Waals surface area contributed by atoms with E-state index in [4.69, 9.17) is 0 Å². The Morgan fingerprint density at radius 2 is 2.50 bits per heavy atom. The molecular formula is C3HNO3S. The van der Waals surface area contributed by atoms with Crippen molar-refractivity contribution in [2.24, 2.45) is 0 Å². The van der Waals surface area contributed by atoms with Gasteiger partial charge in [0.2, 0.25) is 6.29 Å². The Morgan fingerprint density at radius 1 is 1.75 bits per heavy atom. The van der Waals surface area contributed by atoms with Crippen LogP contribution in [0.3, 0.4) is 0 Å². The SMILES string of the molecule is O=Cc1nsc(=O)o1. The molecule has 0 aliphatic rings. The smallest absolute Gasteiger partial charge is 0.391 e. The van der Waals surface area contributed by atoms with Gasteiger partial charge in [-0.15, -0.1) is 4.37 Å². The molecule has 0 aliphatic carbocycles. The van der Waals surface area contributed by atoms with Crippen LogP contribution < -0.4 is 4.94 Å². The molecule has 0 fully saturated rings. The fourth-order valence-corrected chi connectivity index (χ4v) is 0.618. The maximum absolute atomic E-state index is 10.1. The molecule has 0 saturated carbocycles. The summed E-state index contributed by atoms with van der Waals surface area (Å²) >= 11 is 0.626. The molecule has 0 radical (unpaired) electrons. The van der Waals surface area contributed by atoms with Crippen LogP contribution in [0.2, 0.25) is 0 Å². The van der Waals surface area contributed by atoms with E-state index in [1.807, 2.05) is 0 Å². The van der Waals surface area contributed by atoms with Crippen LogP contribution in [0.25, 0.3) is 0 Å². The van der Waals surface area contributed by atoms with Gasteiger partial charge in [0, 0.05) is 0 Å². The number of nitrogens with zero attached hydrogens (tertiary/aromatic N) is 1. The molecule has 1 rings (SSSR count). The van der Waals surface area contributed by atoms with Gasteiger partial charge in [-0.2, -0.15) is 0 Å². The Morgan fingerprint density at radius 3 is 2.75 bits per heavy atom. The fourth-order valence-electron chi connectivity index (χ4n) is 0.250. The van der Waals surface area contributed by atoms with Crippen molar-refractivity contribution in [3.05, 3.63) is 15.6 Å². The highest BCUT2D eigenvalue weighted by Crippen LogP contribution is 1.85. The van der Waals surface area contributed by atoms with Gasteiger partial charge >= 0.3 is 4.94 Å². The summed E-state index contributed by atoms with van der Waals surface area (Å²) in [6.45, 7) is 0. The van der Waals surface area contributed by atoms with E-state index in [9.17, 15) is 9.59 Å². The number of hydrogen-bond acceptors (Lipinski definition) is 5. The summed E-state index contributed by atoms with van der Waals surface area (Å²) in [4.78, 5) is 19.3. The highest BCUT2D eigenvalue weighted by atomic mass is 32.1. The second kappa shape index (κ2) is 1.87. The quantitative estimate of drug-likeness (QED) is 0.499. The molecule has 0 amide bonds. The summed E-state index contributed by atoms with van der Waals surface area (Å²) in [5.74, 6) is -0.153. The van der Waals surface area contributed by atoms with Gasteiger partial charge in [-0.25, -0.2) is 4.79 Å². The van der Waals surface area contributed by atoms with E-state index < -0.39 is 4.94 Å². The largest absolute Gasteiger partial charge is 0.414 e. The van der Waals surface area contributed by atoms with Gasteiger partial charge < -0.3 is 4.42 Å². The molecule has 1 aromatic rings. The third-order valence-corrected chi connectivity index (χ3v) is 1.00. The molecule has 4 nitrogen and oxygen atoms in total. The summed E-state index contributed by atoms with van der Waals surface area (Å²) < 4.78 is 7.55. The van der Waals surface area contributed by atoms with E-state index in [0.717, 1.165) is 0 Å². The van der Waals surface area contributed by atoms with Crippen LogP contribution in [0.15, 0.2) is 9.21 Å². The normalized spacial score (nSPS) is 9.00. The Balaban J connectivity index is 3.18. The van der Waals surface area contributed by atoms with E-state index in [0.29, 0.717) is 17.8 Å². The topological polar surface area (TPSA) is 60.2 Å². The molecular weight excluding hydrogens is 130 g/mol. The molecule has 5 heteroatoms. The lowest BCUT2D eigenvalue weighted by Crippen LogP contribution is -1.82. The summed E-state index contributed by atoms with van der Waals surface area (Å²) in [5, 5.41) is 0. The van der Waals surface area contributed by atoms with Crippen molar-refractivity contribution >= 4 is 17.8 Å². The number of carbonyl (C=O) groups is 1. The van der Waals surface area contributed by atoms with Crippen molar-refractivity contribution < 1.29 is 9.21 Å². The van der Waals surface area contributed by atoms with Crippen LogP contribution in [0.1, 0.15) is 10.7 Å². The van der Waals surface area contributed by atoms with Crippen LogP contribution in [0, 0.1) is 0 Å². The minimum absolute atomic E-state index is 0.153. The molecule has 0 saturated heterocycles. The first-order chi connectivity index (χ1) is 3.83. The summed E-state index contributed by atoms with van der Waals surface area (Å²) in [6, 6.07) is 0. The molecule has 0 N–H and O–H groups in total. The molecule has 0 atom stereocenters. The molecule has 0 bridgehead atoms. The van der Waals surface area contributed by atoms with Crippen LogP contribution in [-0.4, -0.2) is 10.7 Å². The van der Waals surface area contributed by atoms with E-state index in [2.05, 4.69) is 8.79 Å². The van der Waals surface area contributed by atoms with Crippen LogP contribution >= 0.6 is 11.5 Å². The Labute approximate surface area is 47.9 Å². The van der Waals surface area contributed by atoms with Crippen molar-refractivity contribution in [2.45, 2.75) is 0 Å². The highest BCUT2D eigenvalue weighted by Gasteiger charge is 1.95. The standard InChI is InChI=1S/C3HNO3S/c5-1-2-4-8-3(6)7-2/h1H. The Bertz CT molecular complexity index is 237. The molecule has 42 valence electrons. The van der Waals surface area contributed by atoms with Crippen molar-refractivity contribution in [3.8, 4) is 0 Å². The first-order valence-electron chi connectivity index (χ1n) is 1.75. The molecule has 0 unspecified atom stereocenters. The predicted octanol–water partition coefficient (Wildman–Crippen LogP) is -0.0912. The van der Waals surface area contributed by atoms with E-state index >= 15 is 0 Å². The predicted molar refractivity (Wildman–Crippen MR) is 26.0 cm³/mol. The molecule has 1 aromatic heterocycles. The van der Waals surface area contributed by atoms with Gasteiger partial charge in [0.15, 0.2) is 0 Å². The lowest BCUT2D eigenvalue weighted by atomic mass is 10.8. The maximum Gasteiger partial charge on any atom is 0.414 e. The zero-order valence-corrected chi connectivity index (χ0v) is 4.47. The monoisotopic (exact) mass is 131 g/mol. The van der Waals surface area contributed by atoms with Crippen molar-refractivity contribution in [3.63, 3.8) is 0 Å². The number of aldehydes is 1. The molecule has 0 spiro atoms. The molecule has 0 aromatic carbocycles. The average molecular weight is 131 g/mol. The van der Waals surface area contributed by atoms with Crippen LogP contribution in [0.5, 0.6) is 0 Å². The van der Waals surface area contributed by atoms with Gasteiger partial charge in [0.05, 0.1) is 11.5 Å². The summed E-state index contributed by atoms with van der Waals surface area (Å²) in [7, 11) is 0. The molecule has 8 heavy (non-hydrogen) atoms. The number of hydrogen-bond donors (Lipinski definition) is 0. The van der Waals surface area contributed by atoms with Crippen LogP contribution in [-0.2, 0) is 0 Å². The minimum Gasteiger partial charge on any atom is -0.391 e. The van der Waals surface area contributed by atoms with Gasteiger partial charge in [-0.1, -0.05) is 0 Å². The van der Waals surface area contributed by atoms with E-state index in [1.165, 1.54) is 0 Å². The summed E-state index contributed by atoms with van der Waals surface area (Å²) in [6.07, 6.45) is 0.387. The van der Waals surface area contributed by atoms with Gasteiger partial charge in [-0.05, 0) is 0 Å². The molecule has 1 heterocycles. The van der Waals surface area contributed by atoms with Gasteiger partial charge in [0.1, 0.15) is 0 Å². The zero-order valence-electron chi connectivity index (χ0n) is 3.66. The van der Waals surface area contributed by atoms with Crippen LogP contribution in [0.4, 0.5) is 0 Å². The fraction of sp³-hybridized carbons (Fsp3) is 0. The van der Waals surface area contributed by atoms with E-state index in [-0.39, 0.29) is 5.89 Å². The lowest BCUT2D eigenvalue weighted by Gasteiger charge is -1.64. The van der Waals surface area contributed by atoms with Crippen molar-refractivity contribution in [1.29, 1.82) is 0 Å². The first kappa shape index (κ1) is 5.17. The zero-order chi connectivity index (χ0) is 5.98. The number of carbonyl (C=O) groups excluding carboxylic acids is 1. The third-order valence-electron chi connectivity index (χ3n) is 0.499. The summed E-state index contributed by atoms with van der Waals surface area (Å²) in [5.41, 5.74) is 0. The Hall–Kier alpha value is -0.970. The first-order valence-corrected chi connectivity index (χ1v) is 2.52. The van der Waals surface area contributed by atoms with Crippen molar-refractivity contribution in [1.82, 2.24) is 4.37 Å². The third kappa shape index (κ3) is 0.812. The van der Waals surface area contributed by atoms with Crippen molar-refractivity contribution in [2.75, 3.05) is 0 Å². The molecule has 0 aliphatic heterocycles. The second-order valence-electron chi connectivity index (χ2n) is 0.991. The lowest BCUT2D eigenvalue weighted by molar-refractivity contribution is 0.109. The Kier molecular flexibility index (Phi) is 1.21. The number of rotatable bonds is 1. The maximum atomic E-state index is 10.1. The second-order valence-corrected chi connectivity index (χ2v) is 1.69. The highest BCUT2D eigenvalue weighted by molar-refractivity contribution is 7.02. The minimum atomic E-state index is -0.549. The number of aromatic nitrogens is 1. The van der Waals surface area contributed by atoms with Gasteiger partial charge in [0.25, 0.3) is 5.89 Å². The van der Waals surface area contributed by atoms with E-state index in [1.54, 1.807) is 0 Å². The average Bonchev–Trinajstić information content (AvgIpc) is 2.14.